The average molecular weight is 141 g/mol. The van der Waals surface area contributed by atoms with Crippen molar-refractivity contribution in [1.29, 1.82) is 0 Å². The summed E-state index contributed by atoms with van der Waals surface area (Å²) < 4.78 is 0. The Hall–Kier alpha value is -0.465. The predicted octanol–water partition coefficient (Wildman–Crippen LogP) is 1.03. The van der Waals surface area contributed by atoms with Gasteiger partial charge in [-0.15, -0.1) is 0 Å². The quantitative estimate of drug-likeness (QED) is 0.499. The minimum absolute atomic E-state index is 0.134. The molecule has 0 saturated heterocycles. The van der Waals surface area contributed by atoms with Gasteiger partial charge in [0.1, 0.15) is 0 Å². The molecule has 0 fully saturated rings. The number of hydrogen-bond acceptors (Lipinski definition) is 1. The molecule has 0 saturated carbocycles. The maximum atomic E-state index is 10.7. The summed E-state index contributed by atoms with van der Waals surface area (Å²) in [5.74, 6) is 0.134. The molecule has 2 nitrogen and oxygen atoms in total. The normalized spacial score (nSPS) is 10.9. The van der Waals surface area contributed by atoms with Gasteiger partial charge in [-0.1, -0.05) is 20.8 Å². The van der Waals surface area contributed by atoms with Crippen molar-refractivity contribution in [3.05, 3.63) is 0 Å². The fraction of sp³-hybridized carbons (Fsp3) is 0.857. The largest absolute Gasteiger partial charge is 0.392 e. The van der Waals surface area contributed by atoms with Crippen molar-refractivity contribution in [2.75, 3.05) is 7.05 Å². The minimum atomic E-state index is 0.134. The van der Waals surface area contributed by atoms with Crippen molar-refractivity contribution in [3.8, 4) is 0 Å². The zero-order valence-electron chi connectivity index (χ0n) is 7.56. The maximum Gasteiger partial charge on any atom is 0.244 e. The summed E-state index contributed by atoms with van der Waals surface area (Å²) in [6, 6.07) is 0. The lowest BCUT2D eigenvalue weighted by molar-refractivity contribution is -0.123. The second kappa shape index (κ2) is 3.08. The van der Waals surface area contributed by atoms with Gasteiger partial charge in [0, 0.05) is 6.92 Å². The molecule has 0 spiro atoms. The van der Waals surface area contributed by atoms with Crippen LogP contribution in [0.25, 0.3) is 0 Å². The molecular weight excluding hydrogens is 125 g/mol. The Morgan fingerprint density at radius 3 is 1.90 bits per heavy atom. The van der Waals surface area contributed by atoms with Crippen molar-refractivity contribution in [2.24, 2.45) is 0 Å². The Labute approximate surface area is 63.9 Å². The molecule has 0 aromatic carbocycles. The van der Waals surface area contributed by atoms with E-state index in [0.717, 1.165) is 7.41 Å². The van der Waals surface area contributed by atoms with E-state index in [1.54, 1.807) is 11.7 Å². The Morgan fingerprint density at radius 1 is 1.40 bits per heavy atom. The summed E-state index contributed by atoms with van der Waals surface area (Å²) in [7, 11) is 2.65. The summed E-state index contributed by atoms with van der Waals surface area (Å²) in [6.07, 6.45) is 0. The first kappa shape index (κ1) is 9.53. The summed E-state index contributed by atoms with van der Waals surface area (Å²) in [6.45, 7) is 7.94. The van der Waals surface area contributed by atoms with E-state index in [4.69, 9.17) is 0 Å². The van der Waals surface area contributed by atoms with Crippen LogP contribution in [0, 0.1) is 0 Å². The SMILES string of the molecule is CC(=O)N(C)BC(C)(C)C. The second-order valence-electron chi connectivity index (χ2n) is 3.94. The van der Waals surface area contributed by atoms with Crippen LogP contribution in [-0.4, -0.2) is 25.2 Å². The number of nitrogens with zero attached hydrogens (tertiary/aromatic N) is 1. The summed E-state index contributed by atoms with van der Waals surface area (Å²) >= 11 is 0. The Kier molecular flexibility index (Phi) is 2.94. The Morgan fingerprint density at radius 2 is 1.80 bits per heavy atom. The van der Waals surface area contributed by atoms with Crippen LogP contribution in [0.15, 0.2) is 0 Å². The minimum Gasteiger partial charge on any atom is -0.392 e. The molecule has 1 amide bonds. The molecule has 0 aliphatic heterocycles. The maximum absolute atomic E-state index is 10.7. The Bertz CT molecular complexity index is 128. The number of carbonyl (C=O) groups is 1. The smallest absolute Gasteiger partial charge is 0.244 e. The molecule has 0 bridgehead atoms. The third-order valence-electron chi connectivity index (χ3n) is 1.25. The van der Waals surface area contributed by atoms with Crippen LogP contribution in [0.5, 0.6) is 0 Å². The van der Waals surface area contributed by atoms with Crippen LogP contribution in [0.4, 0.5) is 0 Å². The molecule has 0 aromatic heterocycles. The highest BCUT2D eigenvalue weighted by Crippen LogP contribution is 2.20. The molecule has 0 aromatic rings. The molecule has 10 heavy (non-hydrogen) atoms. The average Bonchev–Trinajstić information content (AvgIpc) is 1.60. The van der Waals surface area contributed by atoms with Crippen LogP contribution in [0.1, 0.15) is 27.7 Å². The number of amides is 1. The molecule has 3 heteroatoms. The summed E-state index contributed by atoms with van der Waals surface area (Å²) in [4.78, 5) is 12.5. The molecular formula is C7H16BNO. The standard InChI is InChI=1S/C7H16BNO/c1-6(10)9(5)8-7(2,3)4/h8H,1-5H3. The summed E-state index contributed by atoms with van der Waals surface area (Å²) in [5, 5.41) is 0.209. The first-order valence-electron chi connectivity index (χ1n) is 3.54. The van der Waals surface area contributed by atoms with Gasteiger partial charge in [-0.3, -0.25) is 4.79 Å². The lowest BCUT2D eigenvalue weighted by atomic mass is 9.63. The van der Waals surface area contributed by atoms with Crippen molar-refractivity contribution in [2.45, 2.75) is 33.0 Å². The zero-order valence-corrected chi connectivity index (χ0v) is 7.56. The van der Waals surface area contributed by atoms with Crippen LogP contribution in [0.3, 0.4) is 0 Å². The Balaban J connectivity index is 3.80. The molecule has 58 valence electrons. The molecule has 0 rings (SSSR count). The fourth-order valence-corrected chi connectivity index (χ4v) is 0.823. The van der Waals surface area contributed by atoms with Gasteiger partial charge >= 0.3 is 0 Å². The number of rotatable bonds is 1. The monoisotopic (exact) mass is 141 g/mol. The van der Waals surface area contributed by atoms with E-state index in [-0.39, 0.29) is 11.2 Å². The molecule has 0 heterocycles. The number of carbonyl (C=O) groups excluding carboxylic acids is 1. The van der Waals surface area contributed by atoms with E-state index >= 15 is 0 Å². The third kappa shape index (κ3) is 4.42. The highest BCUT2D eigenvalue weighted by molar-refractivity contribution is 6.40. The summed E-state index contributed by atoms with van der Waals surface area (Å²) in [5.41, 5.74) is 0. The zero-order chi connectivity index (χ0) is 8.36. The van der Waals surface area contributed by atoms with Gasteiger partial charge in [0.25, 0.3) is 0 Å². The molecule has 0 atom stereocenters. The van der Waals surface area contributed by atoms with E-state index in [1.807, 2.05) is 7.05 Å². The van der Waals surface area contributed by atoms with Gasteiger partial charge in [0.15, 0.2) is 0 Å². The molecule has 0 N–H and O–H groups in total. The van der Waals surface area contributed by atoms with E-state index in [9.17, 15) is 4.79 Å². The van der Waals surface area contributed by atoms with Gasteiger partial charge in [-0.2, -0.15) is 0 Å². The predicted molar refractivity (Wildman–Crippen MR) is 45.3 cm³/mol. The van der Waals surface area contributed by atoms with Crippen LogP contribution >= 0.6 is 0 Å². The molecule has 0 aliphatic rings. The van der Waals surface area contributed by atoms with Crippen molar-refractivity contribution in [1.82, 2.24) is 4.81 Å². The molecule has 0 aliphatic carbocycles. The van der Waals surface area contributed by atoms with Crippen molar-refractivity contribution in [3.63, 3.8) is 0 Å². The number of hydrogen-bond donors (Lipinski definition) is 0. The molecule has 0 radical (unpaired) electrons. The van der Waals surface area contributed by atoms with Crippen molar-refractivity contribution >= 4 is 13.3 Å². The fourth-order valence-electron chi connectivity index (χ4n) is 0.823. The topological polar surface area (TPSA) is 20.3 Å². The van der Waals surface area contributed by atoms with Gasteiger partial charge in [-0.05, 0) is 12.4 Å². The lowest BCUT2D eigenvalue weighted by Gasteiger charge is -2.23. The van der Waals surface area contributed by atoms with Crippen molar-refractivity contribution < 1.29 is 4.79 Å². The lowest BCUT2D eigenvalue weighted by Crippen LogP contribution is -2.33. The highest BCUT2D eigenvalue weighted by atomic mass is 16.2. The second-order valence-corrected chi connectivity index (χ2v) is 3.94. The first-order valence-corrected chi connectivity index (χ1v) is 3.54. The van der Waals surface area contributed by atoms with Gasteiger partial charge in [-0.25, -0.2) is 0 Å². The van der Waals surface area contributed by atoms with Crippen LogP contribution in [-0.2, 0) is 4.79 Å². The van der Waals surface area contributed by atoms with Gasteiger partial charge in [0.05, 0.1) is 0 Å². The van der Waals surface area contributed by atoms with Crippen LogP contribution in [0.2, 0.25) is 5.31 Å². The third-order valence-corrected chi connectivity index (χ3v) is 1.25. The van der Waals surface area contributed by atoms with Crippen LogP contribution < -0.4 is 0 Å². The van der Waals surface area contributed by atoms with E-state index < -0.39 is 0 Å². The van der Waals surface area contributed by atoms with Gasteiger partial charge in [0.2, 0.25) is 13.3 Å². The van der Waals surface area contributed by atoms with Gasteiger partial charge < -0.3 is 4.81 Å². The first-order chi connectivity index (χ1) is 4.33. The van der Waals surface area contributed by atoms with E-state index in [2.05, 4.69) is 20.8 Å². The van der Waals surface area contributed by atoms with E-state index in [1.165, 1.54) is 0 Å². The highest BCUT2D eigenvalue weighted by Gasteiger charge is 2.17. The molecule has 0 unspecified atom stereocenters. The van der Waals surface area contributed by atoms with E-state index in [0.29, 0.717) is 0 Å².